The van der Waals surface area contributed by atoms with Crippen LogP contribution in [0.1, 0.15) is 33.1 Å². The number of aliphatic hydroxyl groups is 1. The van der Waals surface area contributed by atoms with Crippen LogP contribution in [0, 0.1) is 11.8 Å². The normalized spacial score (nSPS) is 24.8. The molecule has 1 N–H and O–H groups in total. The number of amides is 1. The van der Waals surface area contributed by atoms with Crippen LogP contribution in [-0.4, -0.2) is 35.6 Å². The van der Waals surface area contributed by atoms with E-state index in [4.69, 9.17) is 5.11 Å². The number of hydrogen-bond donors (Lipinski definition) is 1. The summed E-state index contributed by atoms with van der Waals surface area (Å²) in [7, 11) is 0. The van der Waals surface area contributed by atoms with Gasteiger partial charge in [-0.25, -0.2) is 0 Å². The van der Waals surface area contributed by atoms with Crippen molar-refractivity contribution in [1.29, 1.82) is 0 Å². The minimum absolute atomic E-state index is 0.132. The summed E-state index contributed by atoms with van der Waals surface area (Å²) >= 11 is 0. The molecule has 1 unspecified atom stereocenters. The lowest BCUT2D eigenvalue weighted by molar-refractivity contribution is -0.137. The molecule has 0 saturated carbocycles. The number of rotatable bonds is 3. The van der Waals surface area contributed by atoms with Crippen LogP contribution in [0.25, 0.3) is 0 Å². The number of nitrogens with zero attached hydrogens (tertiary/aromatic N) is 1. The summed E-state index contributed by atoms with van der Waals surface area (Å²) in [6, 6.07) is 0. The van der Waals surface area contributed by atoms with E-state index in [1.807, 2.05) is 18.7 Å². The van der Waals surface area contributed by atoms with E-state index in [0.717, 1.165) is 32.4 Å². The molecular weight excluding hydrogens is 178 g/mol. The smallest absolute Gasteiger partial charge is 0.225 e. The first-order valence-corrected chi connectivity index (χ1v) is 5.58. The highest BCUT2D eigenvalue weighted by Crippen LogP contribution is 2.18. The molecule has 1 amide bonds. The maximum atomic E-state index is 11.8. The molecule has 0 aromatic carbocycles. The molecule has 0 bridgehead atoms. The number of carbonyl (C=O) groups excluding carboxylic acids is 1. The first-order valence-electron chi connectivity index (χ1n) is 5.58. The number of carbonyl (C=O) groups is 1. The Morgan fingerprint density at radius 1 is 1.64 bits per heavy atom. The number of likely N-dealkylation sites (tertiary alicyclic amines) is 1. The Balaban J connectivity index is 2.47. The van der Waals surface area contributed by atoms with Crippen LogP contribution in [0.15, 0.2) is 0 Å². The lowest BCUT2D eigenvalue weighted by Gasteiger charge is -2.33. The number of piperidine rings is 1. The van der Waals surface area contributed by atoms with E-state index in [1.165, 1.54) is 0 Å². The highest BCUT2D eigenvalue weighted by atomic mass is 16.3. The van der Waals surface area contributed by atoms with Crippen LogP contribution in [0.4, 0.5) is 0 Å². The van der Waals surface area contributed by atoms with Gasteiger partial charge in [-0.1, -0.05) is 13.8 Å². The first kappa shape index (κ1) is 11.5. The molecule has 1 fully saturated rings. The molecule has 3 heteroatoms. The molecule has 2 atom stereocenters. The van der Waals surface area contributed by atoms with Crippen molar-refractivity contribution in [2.45, 2.75) is 33.1 Å². The van der Waals surface area contributed by atoms with E-state index in [0.29, 0.717) is 5.92 Å². The Kier molecular flexibility index (Phi) is 4.39. The van der Waals surface area contributed by atoms with Crippen molar-refractivity contribution in [3.63, 3.8) is 0 Å². The molecule has 0 aromatic rings. The Morgan fingerprint density at radius 2 is 2.36 bits per heavy atom. The molecule has 1 heterocycles. The monoisotopic (exact) mass is 199 g/mol. The average Bonchev–Trinajstić information content (AvgIpc) is 2.27. The predicted molar refractivity (Wildman–Crippen MR) is 55.8 cm³/mol. The maximum absolute atomic E-state index is 11.8. The van der Waals surface area contributed by atoms with Gasteiger partial charge in [0.25, 0.3) is 0 Å². The molecule has 1 saturated heterocycles. The second-order valence-electron chi connectivity index (χ2n) is 4.28. The molecule has 1 rings (SSSR count). The van der Waals surface area contributed by atoms with Gasteiger partial charge in [0.15, 0.2) is 0 Å². The quantitative estimate of drug-likeness (QED) is 0.743. The zero-order chi connectivity index (χ0) is 10.6. The summed E-state index contributed by atoms with van der Waals surface area (Å²) in [5.74, 6) is 0.690. The summed E-state index contributed by atoms with van der Waals surface area (Å²) in [5.41, 5.74) is 0. The van der Waals surface area contributed by atoms with Crippen LogP contribution in [-0.2, 0) is 4.79 Å². The maximum Gasteiger partial charge on any atom is 0.225 e. The highest BCUT2D eigenvalue weighted by Gasteiger charge is 2.25. The zero-order valence-electron chi connectivity index (χ0n) is 9.20. The van der Waals surface area contributed by atoms with Crippen molar-refractivity contribution < 1.29 is 9.90 Å². The Hall–Kier alpha value is -0.570. The molecule has 0 aliphatic carbocycles. The molecule has 0 radical (unpaired) electrons. The summed E-state index contributed by atoms with van der Waals surface area (Å²) in [4.78, 5) is 13.8. The van der Waals surface area contributed by atoms with Gasteiger partial charge in [0.2, 0.25) is 5.91 Å². The molecular formula is C11H21NO2. The van der Waals surface area contributed by atoms with E-state index < -0.39 is 0 Å². The van der Waals surface area contributed by atoms with Crippen molar-refractivity contribution in [1.82, 2.24) is 4.90 Å². The summed E-state index contributed by atoms with van der Waals surface area (Å²) < 4.78 is 0. The van der Waals surface area contributed by atoms with Gasteiger partial charge in [-0.05, 0) is 25.2 Å². The van der Waals surface area contributed by atoms with Crippen LogP contribution >= 0.6 is 0 Å². The van der Waals surface area contributed by atoms with Crippen LogP contribution in [0.2, 0.25) is 0 Å². The largest absolute Gasteiger partial charge is 0.396 e. The van der Waals surface area contributed by atoms with Gasteiger partial charge in [-0.3, -0.25) is 4.79 Å². The van der Waals surface area contributed by atoms with Crippen molar-refractivity contribution in [2.75, 3.05) is 19.7 Å². The first-order chi connectivity index (χ1) is 6.69. The van der Waals surface area contributed by atoms with Gasteiger partial charge in [0.05, 0.1) is 0 Å². The van der Waals surface area contributed by atoms with E-state index >= 15 is 0 Å². The Labute approximate surface area is 86.1 Å². The average molecular weight is 199 g/mol. The third-order valence-corrected chi connectivity index (χ3v) is 3.12. The SMILES string of the molecule is CCC(C)C(=O)N1CCC[C@H](CO)C1. The third-order valence-electron chi connectivity index (χ3n) is 3.12. The lowest BCUT2D eigenvalue weighted by atomic mass is 9.97. The van der Waals surface area contributed by atoms with Gasteiger partial charge in [0, 0.05) is 25.6 Å². The minimum atomic E-state index is 0.132. The predicted octanol–water partition coefficient (Wildman–Crippen LogP) is 1.26. The fraction of sp³-hybridized carbons (Fsp3) is 0.909. The van der Waals surface area contributed by atoms with Gasteiger partial charge in [0.1, 0.15) is 0 Å². The molecule has 82 valence electrons. The van der Waals surface area contributed by atoms with Crippen LogP contribution in [0.3, 0.4) is 0 Å². The third kappa shape index (κ3) is 2.71. The van der Waals surface area contributed by atoms with E-state index in [-0.39, 0.29) is 18.4 Å². The zero-order valence-corrected chi connectivity index (χ0v) is 9.20. The number of aliphatic hydroxyl groups excluding tert-OH is 1. The lowest BCUT2D eigenvalue weighted by Crippen LogP contribution is -2.43. The van der Waals surface area contributed by atoms with Crippen molar-refractivity contribution in [2.24, 2.45) is 11.8 Å². The Morgan fingerprint density at radius 3 is 2.93 bits per heavy atom. The Bertz CT molecular complexity index is 194. The van der Waals surface area contributed by atoms with Crippen molar-refractivity contribution in [3.8, 4) is 0 Å². The molecule has 0 spiro atoms. The van der Waals surface area contributed by atoms with Crippen LogP contribution in [0.5, 0.6) is 0 Å². The van der Waals surface area contributed by atoms with Gasteiger partial charge in [-0.15, -0.1) is 0 Å². The topological polar surface area (TPSA) is 40.5 Å². The highest BCUT2D eigenvalue weighted by molar-refractivity contribution is 5.78. The molecule has 0 aromatic heterocycles. The second-order valence-corrected chi connectivity index (χ2v) is 4.28. The summed E-state index contributed by atoms with van der Waals surface area (Å²) in [6.07, 6.45) is 2.99. The minimum Gasteiger partial charge on any atom is -0.396 e. The fourth-order valence-electron chi connectivity index (χ4n) is 1.90. The van der Waals surface area contributed by atoms with Gasteiger partial charge in [-0.2, -0.15) is 0 Å². The van der Waals surface area contributed by atoms with Crippen molar-refractivity contribution >= 4 is 5.91 Å². The summed E-state index contributed by atoms with van der Waals surface area (Å²) in [6.45, 7) is 5.85. The van der Waals surface area contributed by atoms with Crippen LogP contribution < -0.4 is 0 Å². The second kappa shape index (κ2) is 5.35. The molecule has 14 heavy (non-hydrogen) atoms. The van der Waals surface area contributed by atoms with Gasteiger partial charge < -0.3 is 10.0 Å². The van der Waals surface area contributed by atoms with E-state index in [1.54, 1.807) is 0 Å². The fourth-order valence-corrected chi connectivity index (χ4v) is 1.90. The summed E-state index contributed by atoms with van der Waals surface area (Å²) in [5, 5.41) is 9.05. The van der Waals surface area contributed by atoms with E-state index in [2.05, 4.69) is 0 Å². The van der Waals surface area contributed by atoms with Crippen molar-refractivity contribution in [3.05, 3.63) is 0 Å². The molecule has 3 nitrogen and oxygen atoms in total. The van der Waals surface area contributed by atoms with E-state index in [9.17, 15) is 4.79 Å². The molecule has 1 aliphatic heterocycles. The number of hydrogen-bond acceptors (Lipinski definition) is 2. The van der Waals surface area contributed by atoms with Gasteiger partial charge >= 0.3 is 0 Å². The standard InChI is InChI=1S/C11H21NO2/c1-3-9(2)11(14)12-6-4-5-10(7-12)8-13/h9-10,13H,3-8H2,1-2H3/t9?,10-/m0/s1. The molecule has 1 aliphatic rings.